The Bertz CT molecular complexity index is 412. The van der Waals surface area contributed by atoms with Gasteiger partial charge in [-0.05, 0) is 12.8 Å². The van der Waals surface area contributed by atoms with Crippen LogP contribution in [0.5, 0.6) is 0 Å². The van der Waals surface area contributed by atoms with Gasteiger partial charge in [0, 0.05) is 12.7 Å². The van der Waals surface area contributed by atoms with E-state index < -0.39 is 5.41 Å². The smallest absolute Gasteiger partial charge is 0.233 e. The molecule has 0 unspecified atom stereocenters. The van der Waals surface area contributed by atoms with Crippen molar-refractivity contribution in [3.63, 3.8) is 0 Å². The third kappa shape index (κ3) is 2.28. The van der Waals surface area contributed by atoms with E-state index in [0.717, 1.165) is 19.3 Å². The number of carbonyl (C=O) groups excluding carboxylic acids is 1. The van der Waals surface area contributed by atoms with E-state index in [2.05, 4.69) is 15.6 Å². The predicted octanol–water partition coefficient (Wildman–Crippen LogP) is -0.149. The maximum atomic E-state index is 12.0. The molecule has 0 aliphatic heterocycles. The summed E-state index contributed by atoms with van der Waals surface area (Å²) in [6, 6.07) is 0. The summed E-state index contributed by atoms with van der Waals surface area (Å²) in [4.78, 5) is 12.3. The number of amides is 1. The molecular weight excluding hydrogens is 238 g/mol. The lowest BCUT2D eigenvalue weighted by molar-refractivity contribution is -0.130. The van der Waals surface area contributed by atoms with Crippen LogP contribution in [0.3, 0.4) is 0 Å². The first-order valence-electron chi connectivity index (χ1n) is 5.57. The molecule has 6 nitrogen and oxygen atoms in total. The second-order valence-electron chi connectivity index (χ2n) is 4.22. The lowest BCUT2D eigenvalue weighted by Crippen LogP contribution is -2.53. The van der Waals surface area contributed by atoms with Crippen molar-refractivity contribution in [3.05, 3.63) is 12.4 Å². The van der Waals surface area contributed by atoms with E-state index >= 15 is 0 Å². The van der Waals surface area contributed by atoms with Crippen LogP contribution in [0.25, 0.3) is 0 Å². The molecule has 0 radical (unpaired) electrons. The van der Waals surface area contributed by atoms with Crippen LogP contribution < -0.4 is 11.1 Å². The molecule has 1 fully saturated rings. The number of nitrogens with zero attached hydrogens (tertiary/aromatic N) is 3. The van der Waals surface area contributed by atoms with E-state index in [9.17, 15) is 4.79 Å². The maximum Gasteiger partial charge on any atom is 0.233 e. The summed E-state index contributed by atoms with van der Waals surface area (Å²) in [7, 11) is 0. The molecule has 1 amide bonds. The third-order valence-electron chi connectivity index (χ3n) is 3.21. The van der Waals surface area contributed by atoms with Crippen molar-refractivity contribution in [2.45, 2.75) is 25.8 Å². The van der Waals surface area contributed by atoms with E-state index in [4.69, 9.17) is 18.0 Å². The van der Waals surface area contributed by atoms with E-state index in [1.54, 1.807) is 17.1 Å². The zero-order valence-corrected chi connectivity index (χ0v) is 10.2. The van der Waals surface area contributed by atoms with Gasteiger partial charge in [0.1, 0.15) is 0 Å². The zero-order chi connectivity index (χ0) is 12.3. The van der Waals surface area contributed by atoms with Crippen molar-refractivity contribution in [2.24, 2.45) is 11.1 Å². The minimum atomic E-state index is -0.600. The number of carbonyl (C=O) groups is 1. The van der Waals surface area contributed by atoms with Gasteiger partial charge in [0.25, 0.3) is 0 Å². The highest BCUT2D eigenvalue weighted by atomic mass is 32.1. The van der Waals surface area contributed by atoms with Crippen LogP contribution in [-0.4, -0.2) is 32.4 Å². The lowest BCUT2D eigenvalue weighted by Gasteiger charge is -2.39. The Hall–Kier alpha value is -1.50. The molecule has 0 bridgehead atoms. The van der Waals surface area contributed by atoms with Crippen molar-refractivity contribution < 1.29 is 4.79 Å². The van der Waals surface area contributed by atoms with Crippen molar-refractivity contribution in [1.82, 2.24) is 20.3 Å². The highest BCUT2D eigenvalue weighted by Crippen LogP contribution is 2.41. The van der Waals surface area contributed by atoms with Gasteiger partial charge in [0.2, 0.25) is 5.91 Å². The molecule has 1 aromatic rings. The fraction of sp³-hybridized carbons (Fsp3) is 0.600. The summed E-state index contributed by atoms with van der Waals surface area (Å²) in [5.74, 6) is -0.0589. The normalized spacial score (nSPS) is 17.2. The predicted molar refractivity (Wildman–Crippen MR) is 66.1 cm³/mol. The van der Waals surface area contributed by atoms with Gasteiger partial charge in [-0.15, -0.1) is 5.10 Å². The van der Waals surface area contributed by atoms with Gasteiger partial charge < -0.3 is 11.1 Å². The van der Waals surface area contributed by atoms with E-state index in [1.165, 1.54) is 0 Å². The first-order chi connectivity index (χ1) is 8.15. The Morgan fingerprint density at radius 1 is 1.59 bits per heavy atom. The molecule has 17 heavy (non-hydrogen) atoms. The van der Waals surface area contributed by atoms with Crippen LogP contribution in [-0.2, 0) is 11.3 Å². The number of nitrogens with one attached hydrogen (secondary N) is 1. The van der Waals surface area contributed by atoms with Gasteiger partial charge in [-0.3, -0.25) is 9.48 Å². The summed E-state index contributed by atoms with van der Waals surface area (Å²) >= 11 is 4.98. The van der Waals surface area contributed by atoms with E-state index in [0.29, 0.717) is 18.1 Å². The molecule has 1 heterocycles. The molecule has 0 saturated heterocycles. The summed E-state index contributed by atoms with van der Waals surface area (Å²) in [5.41, 5.74) is 5.04. The lowest BCUT2D eigenvalue weighted by atomic mass is 9.68. The first kappa shape index (κ1) is 12.0. The minimum Gasteiger partial charge on any atom is -0.392 e. The summed E-state index contributed by atoms with van der Waals surface area (Å²) in [6.45, 7) is 1.10. The van der Waals surface area contributed by atoms with E-state index in [-0.39, 0.29) is 5.91 Å². The number of hydrogen-bond acceptors (Lipinski definition) is 4. The number of nitrogens with two attached hydrogens (primary N) is 1. The van der Waals surface area contributed by atoms with Crippen LogP contribution in [0.4, 0.5) is 0 Å². The maximum absolute atomic E-state index is 12.0. The number of hydrogen-bond donors (Lipinski definition) is 2. The molecule has 1 aliphatic carbocycles. The SMILES string of the molecule is NC(=S)C1(C(=O)NCCn2ccnn2)CCC1. The summed E-state index contributed by atoms with van der Waals surface area (Å²) in [6.07, 6.45) is 5.88. The molecule has 0 aromatic carbocycles. The average Bonchev–Trinajstić information content (AvgIpc) is 2.67. The van der Waals surface area contributed by atoms with E-state index in [1.807, 2.05) is 0 Å². The van der Waals surface area contributed by atoms with Gasteiger partial charge in [-0.1, -0.05) is 23.9 Å². The Kier molecular flexibility index (Phi) is 3.37. The number of rotatable bonds is 5. The second-order valence-corrected chi connectivity index (χ2v) is 4.66. The molecular formula is C10H15N5OS. The van der Waals surface area contributed by atoms with Crippen LogP contribution in [0.15, 0.2) is 12.4 Å². The van der Waals surface area contributed by atoms with Crippen molar-refractivity contribution >= 4 is 23.1 Å². The summed E-state index contributed by atoms with van der Waals surface area (Å²) in [5, 5.41) is 10.3. The van der Waals surface area contributed by atoms with Gasteiger partial charge in [-0.2, -0.15) is 0 Å². The van der Waals surface area contributed by atoms with Crippen molar-refractivity contribution in [1.29, 1.82) is 0 Å². The van der Waals surface area contributed by atoms with Crippen LogP contribution >= 0.6 is 12.2 Å². The highest BCUT2D eigenvalue weighted by molar-refractivity contribution is 7.80. The molecule has 1 aliphatic rings. The summed E-state index contributed by atoms with van der Waals surface area (Å²) < 4.78 is 1.66. The Morgan fingerprint density at radius 3 is 2.82 bits per heavy atom. The highest BCUT2D eigenvalue weighted by Gasteiger charge is 2.46. The molecule has 0 spiro atoms. The third-order valence-corrected chi connectivity index (χ3v) is 3.60. The molecule has 3 N–H and O–H groups in total. The number of aromatic nitrogens is 3. The monoisotopic (exact) mass is 253 g/mol. The first-order valence-corrected chi connectivity index (χ1v) is 5.98. The molecule has 7 heteroatoms. The van der Waals surface area contributed by atoms with Gasteiger partial charge in [0.05, 0.1) is 23.1 Å². The van der Waals surface area contributed by atoms with Crippen molar-refractivity contribution in [2.75, 3.05) is 6.54 Å². The van der Waals surface area contributed by atoms with Gasteiger partial charge in [0.15, 0.2) is 0 Å². The van der Waals surface area contributed by atoms with Crippen LogP contribution in [0.1, 0.15) is 19.3 Å². The Labute approximate surface area is 105 Å². The Morgan fingerprint density at radius 2 is 2.35 bits per heavy atom. The fourth-order valence-electron chi connectivity index (χ4n) is 1.92. The average molecular weight is 253 g/mol. The quantitative estimate of drug-likeness (QED) is 0.713. The van der Waals surface area contributed by atoms with Crippen LogP contribution in [0, 0.1) is 5.41 Å². The molecule has 92 valence electrons. The standard InChI is InChI=1S/C10H15N5OS/c11-8(17)10(2-1-3-10)9(16)12-4-6-15-7-5-13-14-15/h5,7H,1-4,6H2,(H2,11,17)(H,12,16). The minimum absolute atomic E-state index is 0.0589. The topological polar surface area (TPSA) is 85.8 Å². The van der Waals surface area contributed by atoms with Gasteiger partial charge in [-0.25, -0.2) is 0 Å². The molecule has 2 rings (SSSR count). The molecule has 0 atom stereocenters. The molecule has 1 saturated carbocycles. The van der Waals surface area contributed by atoms with Crippen LogP contribution in [0.2, 0.25) is 0 Å². The van der Waals surface area contributed by atoms with Gasteiger partial charge >= 0.3 is 0 Å². The fourth-order valence-corrected chi connectivity index (χ4v) is 2.22. The number of thiocarbonyl (C=S) groups is 1. The molecule has 1 aromatic heterocycles. The Balaban J connectivity index is 1.83. The van der Waals surface area contributed by atoms with Crippen molar-refractivity contribution in [3.8, 4) is 0 Å². The zero-order valence-electron chi connectivity index (χ0n) is 9.43. The largest absolute Gasteiger partial charge is 0.392 e. The second kappa shape index (κ2) is 4.79.